The predicted octanol–water partition coefficient (Wildman–Crippen LogP) is 0.802. The molecule has 0 aliphatic rings. The maximum atomic E-state index is 10.9. The third kappa shape index (κ3) is 3.72. The molecule has 6 heteroatoms. The van der Waals surface area contributed by atoms with Gasteiger partial charge in [0.2, 0.25) is 0 Å². The molecule has 0 spiro atoms. The molecule has 1 rings (SSSR count). The minimum atomic E-state index is -0.332. The normalized spacial score (nSPS) is 9.69. The van der Waals surface area contributed by atoms with Crippen LogP contribution in [0.2, 0.25) is 0 Å². The third-order valence-electron chi connectivity index (χ3n) is 1.84. The summed E-state index contributed by atoms with van der Waals surface area (Å²) in [4.78, 5) is 19.3. The number of methoxy groups -OCH3 is 1. The Morgan fingerprint density at radius 2 is 2.00 bits per heavy atom. The fraction of sp³-hybridized carbons (Fsp3) is 0.500. The van der Waals surface area contributed by atoms with Gasteiger partial charge in [-0.05, 0) is 13.8 Å². The van der Waals surface area contributed by atoms with Crippen LogP contribution in [0, 0.1) is 6.92 Å². The standard InChI is InChI=1S/C10H16N4O2/c1-4-11-8-5-9(14-7(2)13-8)12-6-10(15)16-3/h5H,4,6H2,1-3H3,(H2,11,12,13,14). The molecule has 0 atom stereocenters. The Labute approximate surface area is 94.4 Å². The number of hydrogen-bond acceptors (Lipinski definition) is 6. The Balaban J connectivity index is 2.68. The summed E-state index contributed by atoms with van der Waals surface area (Å²) in [5.74, 6) is 1.66. The monoisotopic (exact) mass is 224 g/mol. The highest BCUT2D eigenvalue weighted by molar-refractivity contribution is 5.74. The van der Waals surface area contributed by atoms with Crippen molar-refractivity contribution in [3.05, 3.63) is 11.9 Å². The molecule has 0 bridgehead atoms. The molecule has 0 saturated carbocycles. The van der Waals surface area contributed by atoms with E-state index >= 15 is 0 Å². The molecule has 0 aliphatic carbocycles. The van der Waals surface area contributed by atoms with Crippen LogP contribution in [0.5, 0.6) is 0 Å². The van der Waals surface area contributed by atoms with Crippen LogP contribution in [0.1, 0.15) is 12.7 Å². The summed E-state index contributed by atoms with van der Waals surface area (Å²) in [5, 5.41) is 5.95. The molecule has 0 saturated heterocycles. The molecule has 0 unspecified atom stereocenters. The average Bonchev–Trinajstić information content (AvgIpc) is 2.25. The van der Waals surface area contributed by atoms with Crippen molar-refractivity contribution in [2.24, 2.45) is 0 Å². The van der Waals surface area contributed by atoms with Gasteiger partial charge in [0.05, 0.1) is 7.11 Å². The molecule has 1 heterocycles. The van der Waals surface area contributed by atoms with Crippen molar-refractivity contribution in [1.82, 2.24) is 9.97 Å². The zero-order valence-electron chi connectivity index (χ0n) is 9.70. The lowest BCUT2D eigenvalue weighted by Gasteiger charge is -2.08. The van der Waals surface area contributed by atoms with E-state index in [-0.39, 0.29) is 12.5 Å². The molecule has 1 aromatic rings. The summed E-state index contributed by atoms with van der Waals surface area (Å²) >= 11 is 0. The molecule has 0 radical (unpaired) electrons. The highest BCUT2D eigenvalue weighted by Crippen LogP contribution is 2.10. The third-order valence-corrected chi connectivity index (χ3v) is 1.84. The maximum absolute atomic E-state index is 10.9. The molecule has 0 aromatic carbocycles. The summed E-state index contributed by atoms with van der Waals surface area (Å²) in [6.07, 6.45) is 0. The van der Waals surface area contributed by atoms with Crippen molar-refractivity contribution in [3.8, 4) is 0 Å². The van der Waals surface area contributed by atoms with Gasteiger partial charge in [0, 0.05) is 12.6 Å². The Morgan fingerprint density at radius 1 is 1.38 bits per heavy atom. The second-order valence-corrected chi connectivity index (χ2v) is 3.15. The van der Waals surface area contributed by atoms with Crippen molar-refractivity contribution in [3.63, 3.8) is 0 Å². The van der Waals surface area contributed by atoms with Gasteiger partial charge in [0.15, 0.2) is 0 Å². The number of nitrogens with one attached hydrogen (secondary N) is 2. The van der Waals surface area contributed by atoms with Crippen LogP contribution in [0.3, 0.4) is 0 Å². The van der Waals surface area contributed by atoms with E-state index in [2.05, 4.69) is 25.3 Å². The van der Waals surface area contributed by atoms with Crippen molar-refractivity contribution < 1.29 is 9.53 Å². The van der Waals surface area contributed by atoms with E-state index in [1.807, 2.05) is 6.92 Å². The number of aromatic nitrogens is 2. The highest BCUT2D eigenvalue weighted by atomic mass is 16.5. The lowest BCUT2D eigenvalue weighted by atomic mass is 10.4. The Bertz CT molecular complexity index is 368. The largest absolute Gasteiger partial charge is 0.468 e. The van der Waals surface area contributed by atoms with Gasteiger partial charge in [0.25, 0.3) is 0 Å². The second kappa shape index (κ2) is 5.89. The first-order valence-corrected chi connectivity index (χ1v) is 5.06. The quantitative estimate of drug-likeness (QED) is 0.720. The fourth-order valence-corrected chi connectivity index (χ4v) is 1.16. The van der Waals surface area contributed by atoms with E-state index in [1.54, 1.807) is 13.0 Å². The Kier molecular flexibility index (Phi) is 4.50. The molecule has 0 aliphatic heterocycles. The number of carbonyl (C=O) groups excluding carboxylic acids is 1. The van der Waals surface area contributed by atoms with Crippen LogP contribution in [0.25, 0.3) is 0 Å². The molecule has 88 valence electrons. The van der Waals surface area contributed by atoms with Crippen molar-refractivity contribution in [2.75, 3.05) is 30.8 Å². The van der Waals surface area contributed by atoms with Crippen LogP contribution in [0.15, 0.2) is 6.07 Å². The van der Waals surface area contributed by atoms with Crippen molar-refractivity contribution in [2.45, 2.75) is 13.8 Å². The van der Waals surface area contributed by atoms with Gasteiger partial charge >= 0.3 is 5.97 Å². The van der Waals surface area contributed by atoms with Gasteiger partial charge in [-0.15, -0.1) is 0 Å². The first-order chi connectivity index (χ1) is 7.65. The topological polar surface area (TPSA) is 76.1 Å². The van der Waals surface area contributed by atoms with E-state index in [9.17, 15) is 4.79 Å². The van der Waals surface area contributed by atoms with E-state index < -0.39 is 0 Å². The van der Waals surface area contributed by atoms with Crippen LogP contribution in [0.4, 0.5) is 11.6 Å². The van der Waals surface area contributed by atoms with Gasteiger partial charge in [-0.1, -0.05) is 0 Å². The number of esters is 1. The van der Waals surface area contributed by atoms with Crippen LogP contribution >= 0.6 is 0 Å². The van der Waals surface area contributed by atoms with Crippen LogP contribution in [-0.2, 0) is 9.53 Å². The highest BCUT2D eigenvalue weighted by Gasteiger charge is 2.03. The minimum absolute atomic E-state index is 0.0958. The van der Waals surface area contributed by atoms with E-state index in [1.165, 1.54) is 7.11 Å². The minimum Gasteiger partial charge on any atom is -0.468 e. The average molecular weight is 224 g/mol. The van der Waals surface area contributed by atoms with E-state index in [0.29, 0.717) is 11.6 Å². The number of carbonyl (C=O) groups is 1. The van der Waals surface area contributed by atoms with E-state index in [0.717, 1.165) is 12.4 Å². The van der Waals surface area contributed by atoms with Crippen molar-refractivity contribution >= 4 is 17.6 Å². The zero-order valence-corrected chi connectivity index (χ0v) is 9.70. The number of anilines is 2. The Morgan fingerprint density at radius 3 is 2.56 bits per heavy atom. The first kappa shape index (κ1) is 12.2. The first-order valence-electron chi connectivity index (χ1n) is 5.06. The molecule has 0 fully saturated rings. The molecular weight excluding hydrogens is 208 g/mol. The number of hydrogen-bond donors (Lipinski definition) is 2. The summed E-state index contributed by atoms with van der Waals surface area (Å²) in [7, 11) is 1.35. The van der Waals surface area contributed by atoms with Crippen molar-refractivity contribution in [1.29, 1.82) is 0 Å². The predicted molar refractivity (Wildman–Crippen MR) is 61.4 cm³/mol. The maximum Gasteiger partial charge on any atom is 0.325 e. The fourth-order valence-electron chi connectivity index (χ4n) is 1.16. The summed E-state index contributed by atoms with van der Waals surface area (Å²) in [5.41, 5.74) is 0. The SMILES string of the molecule is CCNc1cc(NCC(=O)OC)nc(C)n1. The molecule has 1 aromatic heterocycles. The molecule has 2 N–H and O–H groups in total. The smallest absolute Gasteiger partial charge is 0.325 e. The van der Waals surface area contributed by atoms with Gasteiger partial charge < -0.3 is 15.4 Å². The van der Waals surface area contributed by atoms with E-state index in [4.69, 9.17) is 0 Å². The summed E-state index contributed by atoms with van der Waals surface area (Å²) in [6, 6.07) is 1.75. The molecule has 6 nitrogen and oxygen atoms in total. The second-order valence-electron chi connectivity index (χ2n) is 3.15. The van der Waals surface area contributed by atoms with Gasteiger partial charge in [-0.25, -0.2) is 9.97 Å². The lowest BCUT2D eigenvalue weighted by Crippen LogP contribution is -2.16. The molecule has 0 amide bonds. The summed E-state index contributed by atoms with van der Waals surface area (Å²) in [6.45, 7) is 4.66. The lowest BCUT2D eigenvalue weighted by molar-refractivity contribution is -0.138. The summed E-state index contributed by atoms with van der Waals surface area (Å²) < 4.78 is 4.52. The van der Waals surface area contributed by atoms with Gasteiger partial charge in [-0.3, -0.25) is 4.79 Å². The van der Waals surface area contributed by atoms with Crippen LogP contribution in [-0.4, -0.2) is 36.1 Å². The molecule has 16 heavy (non-hydrogen) atoms. The Hall–Kier alpha value is -1.85. The number of aryl methyl sites for hydroxylation is 1. The number of nitrogens with zero attached hydrogens (tertiary/aromatic N) is 2. The number of ether oxygens (including phenoxy) is 1. The van der Waals surface area contributed by atoms with Gasteiger partial charge in [0.1, 0.15) is 24.0 Å². The zero-order chi connectivity index (χ0) is 12.0. The van der Waals surface area contributed by atoms with Crippen LogP contribution < -0.4 is 10.6 Å². The van der Waals surface area contributed by atoms with Gasteiger partial charge in [-0.2, -0.15) is 0 Å². The number of rotatable bonds is 5. The molecular formula is C10H16N4O2.